The van der Waals surface area contributed by atoms with E-state index in [0.29, 0.717) is 18.0 Å². The molecule has 0 spiro atoms. The number of methoxy groups -OCH3 is 2. The maximum atomic E-state index is 5.36. The molecular weight excluding hydrogens is 366 g/mol. The van der Waals surface area contributed by atoms with Gasteiger partial charge in [0.2, 0.25) is 0 Å². The van der Waals surface area contributed by atoms with Gasteiger partial charge in [0.05, 0.1) is 26.5 Å². The van der Waals surface area contributed by atoms with E-state index >= 15 is 0 Å². The largest absolute Gasteiger partial charge is 0.493 e. The molecular formula is C22H29N5O2. The molecule has 0 aliphatic heterocycles. The number of imidazole rings is 1. The van der Waals surface area contributed by atoms with Gasteiger partial charge in [-0.15, -0.1) is 0 Å². The van der Waals surface area contributed by atoms with Gasteiger partial charge in [0.1, 0.15) is 5.65 Å². The Balaban J connectivity index is 1.61. The van der Waals surface area contributed by atoms with Gasteiger partial charge < -0.3 is 24.5 Å². The van der Waals surface area contributed by atoms with E-state index in [0.717, 1.165) is 42.4 Å². The van der Waals surface area contributed by atoms with Crippen molar-refractivity contribution >= 4 is 11.6 Å². The smallest absolute Gasteiger partial charge is 0.191 e. The van der Waals surface area contributed by atoms with Crippen LogP contribution in [0.4, 0.5) is 0 Å². The van der Waals surface area contributed by atoms with Gasteiger partial charge in [-0.25, -0.2) is 9.98 Å². The number of nitrogens with one attached hydrogen (secondary N) is 2. The van der Waals surface area contributed by atoms with Crippen molar-refractivity contribution in [3.05, 3.63) is 59.5 Å². The number of pyridine rings is 1. The lowest BCUT2D eigenvalue weighted by Gasteiger charge is -2.12. The highest BCUT2D eigenvalue weighted by molar-refractivity contribution is 5.79. The first kappa shape index (κ1) is 20.5. The predicted molar refractivity (Wildman–Crippen MR) is 116 cm³/mol. The molecule has 0 amide bonds. The summed E-state index contributed by atoms with van der Waals surface area (Å²) >= 11 is 0. The van der Waals surface area contributed by atoms with Crippen molar-refractivity contribution < 1.29 is 9.47 Å². The summed E-state index contributed by atoms with van der Waals surface area (Å²) in [5.41, 5.74) is 4.30. The predicted octanol–water partition coefficient (Wildman–Crippen LogP) is 2.96. The molecule has 3 aromatic rings. The zero-order valence-corrected chi connectivity index (χ0v) is 17.5. The van der Waals surface area contributed by atoms with Crippen LogP contribution in [0.3, 0.4) is 0 Å². The molecule has 0 radical (unpaired) electrons. The lowest BCUT2D eigenvalue weighted by atomic mass is 10.2. The topological polar surface area (TPSA) is 72.2 Å². The minimum atomic E-state index is 0.545. The fourth-order valence-corrected chi connectivity index (χ4v) is 3.12. The Kier molecular flexibility index (Phi) is 6.94. The van der Waals surface area contributed by atoms with E-state index in [9.17, 15) is 0 Å². The van der Waals surface area contributed by atoms with Crippen molar-refractivity contribution in [1.29, 1.82) is 0 Å². The first-order valence-corrected chi connectivity index (χ1v) is 9.81. The van der Waals surface area contributed by atoms with E-state index in [1.807, 2.05) is 30.5 Å². The van der Waals surface area contributed by atoms with E-state index in [2.05, 4.69) is 46.1 Å². The Hall–Kier alpha value is -3.22. The van der Waals surface area contributed by atoms with Gasteiger partial charge in [0, 0.05) is 31.9 Å². The number of hydrogen-bond acceptors (Lipinski definition) is 4. The van der Waals surface area contributed by atoms with Gasteiger partial charge in [-0.2, -0.15) is 0 Å². The van der Waals surface area contributed by atoms with Crippen LogP contribution in [0.2, 0.25) is 0 Å². The Labute approximate surface area is 171 Å². The number of aromatic nitrogens is 2. The van der Waals surface area contributed by atoms with Gasteiger partial charge >= 0.3 is 0 Å². The molecule has 154 valence electrons. The number of hydrogen-bond donors (Lipinski definition) is 2. The molecule has 0 atom stereocenters. The molecule has 29 heavy (non-hydrogen) atoms. The van der Waals surface area contributed by atoms with E-state index in [1.54, 1.807) is 14.2 Å². The average molecular weight is 396 g/mol. The molecule has 2 heterocycles. The number of nitrogens with zero attached hydrogens (tertiary/aromatic N) is 3. The molecule has 2 aromatic heterocycles. The average Bonchev–Trinajstić information content (AvgIpc) is 3.16. The standard InChI is InChI=1S/C22H29N5O2/c1-5-23-22(25-14-17-8-9-19(28-3)20(13-17)29-4)24-11-10-18-15-27-12-6-7-16(2)21(27)26-18/h6-9,12-13,15H,5,10-11,14H2,1-4H3,(H2,23,24,25). The van der Waals surface area contributed by atoms with Crippen LogP contribution >= 0.6 is 0 Å². The maximum Gasteiger partial charge on any atom is 0.191 e. The second kappa shape index (κ2) is 9.82. The Bertz CT molecular complexity index is 980. The van der Waals surface area contributed by atoms with Crippen LogP contribution in [0.15, 0.2) is 47.7 Å². The maximum absolute atomic E-state index is 5.36. The van der Waals surface area contributed by atoms with Crippen molar-refractivity contribution in [1.82, 2.24) is 20.0 Å². The number of fused-ring (bicyclic) bond motifs is 1. The zero-order valence-electron chi connectivity index (χ0n) is 17.5. The van der Waals surface area contributed by atoms with Crippen LogP contribution < -0.4 is 20.1 Å². The van der Waals surface area contributed by atoms with Crippen LogP contribution in [0.5, 0.6) is 11.5 Å². The molecule has 0 saturated heterocycles. The molecule has 0 saturated carbocycles. The molecule has 1 aromatic carbocycles. The van der Waals surface area contributed by atoms with Crippen LogP contribution in [0, 0.1) is 6.92 Å². The molecule has 0 fully saturated rings. The summed E-state index contributed by atoms with van der Waals surface area (Å²) in [4.78, 5) is 9.40. The Morgan fingerprint density at radius 1 is 1.14 bits per heavy atom. The monoisotopic (exact) mass is 395 g/mol. The number of ether oxygens (including phenoxy) is 2. The molecule has 0 unspecified atom stereocenters. The Morgan fingerprint density at radius 3 is 2.69 bits per heavy atom. The number of rotatable bonds is 8. The van der Waals surface area contributed by atoms with Crippen molar-refractivity contribution in [3.63, 3.8) is 0 Å². The molecule has 3 rings (SSSR count). The highest BCUT2D eigenvalue weighted by atomic mass is 16.5. The molecule has 7 nitrogen and oxygen atoms in total. The van der Waals surface area contributed by atoms with Gasteiger partial charge in [-0.05, 0) is 43.2 Å². The van der Waals surface area contributed by atoms with Crippen molar-refractivity contribution in [2.24, 2.45) is 4.99 Å². The van der Waals surface area contributed by atoms with Gasteiger partial charge in [0.25, 0.3) is 0 Å². The second-order valence-corrected chi connectivity index (χ2v) is 6.72. The SMILES string of the molecule is CCNC(=NCc1ccc(OC)c(OC)c1)NCCc1cn2cccc(C)c2n1. The fourth-order valence-electron chi connectivity index (χ4n) is 3.12. The summed E-state index contributed by atoms with van der Waals surface area (Å²) in [6.45, 7) is 6.22. The van der Waals surface area contributed by atoms with E-state index in [-0.39, 0.29) is 0 Å². The molecule has 0 aliphatic rings. The Morgan fingerprint density at radius 2 is 1.97 bits per heavy atom. The van der Waals surface area contributed by atoms with Crippen molar-refractivity contribution in [2.75, 3.05) is 27.3 Å². The van der Waals surface area contributed by atoms with Crippen LogP contribution in [0.25, 0.3) is 5.65 Å². The normalized spacial score (nSPS) is 11.5. The summed E-state index contributed by atoms with van der Waals surface area (Å²) in [7, 11) is 3.27. The van der Waals surface area contributed by atoms with Gasteiger partial charge in [0.15, 0.2) is 17.5 Å². The highest BCUT2D eigenvalue weighted by Crippen LogP contribution is 2.27. The quantitative estimate of drug-likeness (QED) is 0.453. The first-order valence-electron chi connectivity index (χ1n) is 9.81. The third-order valence-corrected chi connectivity index (χ3v) is 4.61. The number of benzene rings is 1. The molecule has 7 heteroatoms. The molecule has 0 bridgehead atoms. The minimum absolute atomic E-state index is 0.545. The second-order valence-electron chi connectivity index (χ2n) is 6.72. The minimum Gasteiger partial charge on any atom is -0.493 e. The van der Waals surface area contributed by atoms with Crippen LogP contribution in [0.1, 0.15) is 23.7 Å². The number of aliphatic imine (C=N–C) groups is 1. The van der Waals surface area contributed by atoms with Gasteiger partial charge in [-0.1, -0.05) is 12.1 Å². The third kappa shape index (κ3) is 5.19. The van der Waals surface area contributed by atoms with Crippen molar-refractivity contribution in [3.8, 4) is 11.5 Å². The summed E-state index contributed by atoms with van der Waals surface area (Å²) in [6, 6.07) is 9.96. The van der Waals surface area contributed by atoms with Crippen LogP contribution in [-0.2, 0) is 13.0 Å². The summed E-state index contributed by atoms with van der Waals surface area (Å²) < 4.78 is 12.7. The van der Waals surface area contributed by atoms with Crippen LogP contribution in [-0.4, -0.2) is 42.7 Å². The van der Waals surface area contributed by atoms with E-state index in [1.165, 1.54) is 5.56 Å². The first-order chi connectivity index (χ1) is 14.1. The summed E-state index contributed by atoms with van der Waals surface area (Å²) in [6.07, 6.45) is 4.93. The lowest BCUT2D eigenvalue weighted by molar-refractivity contribution is 0.354. The highest BCUT2D eigenvalue weighted by Gasteiger charge is 2.06. The number of guanidine groups is 1. The molecule has 0 aliphatic carbocycles. The fraction of sp³-hybridized carbons (Fsp3) is 0.364. The van der Waals surface area contributed by atoms with Crippen molar-refractivity contribution in [2.45, 2.75) is 26.8 Å². The zero-order chi connectivity index (χ0) is 20.6. The molecule has 2 N–H and O–H groups in total. The third-order valence-electron chi connectivity index (χ3n) is 4.61. The van der Waals surface area contributed by atoms with Gasteiger partial charge in [-0.3, -0.25) is 0 Å². The van der Waals surface area contributed by atoms with E-state index in [4.69, 9.17) is 14.5 Å². The van der Waals surface area contributed by atoms with E-state index < -0.39 is 0 Å². The summed E-state index contributed by atoms with van der Waals surface area (Å²) in [5, 5.41) is 6.67. The summed E-state index contributed by atoms with van der Waals surface area (Å²) in [5.74, 6) is 2.20. The number of aryl methyl sites for hydroxylation is 1. The lowest BCUT2D eigenvalue weighted by Crippen LogP contribution is -2.38.